The second-order valence-corrected chi connectivity index (χ2v) is 9.24. The topological polar surface area (TPSA) is 71.0 Å². The zero-order valence-electron chi connectivity index (χ0n) is 14.8. The van der Waals surface area contributed by atoms with E-state index in [0.29, 0.717) is 5.96 Å². The van der Waals surface area contributed by atoms with E-state index < -0.39 is 27.0 Å². The lowest BCUT2D eigenvalue weighted by Crippen LogP contribution is -2.57. The summed E-state index contributed by atoms with van der Waals surface area (Å²) in [5.74, 6) is -0.614. The van der Waals surface area contributed by atoms with Crippen molar-refractivity contribution in [3.63, 3.8) is 0 Å². The number of halogens is 3. The van der Waals surface area contributed by atoms with Gasteiger partial charge in [0.15, 0.2) is 15.8 Å². The summed E-state index contributed by atoms with van der Waals surface area (Å²) in [6, 6.07) is 3.68. The molecule has 10 heteroatoms. The first-order chi connectivity index (χ1) is 12.1. The van der Waals surface area contributed by atoms with Crippen molar-refractivity contribution in [3.8, 4) is 5.75 Å². The van der Waals surface area contributed by atoms with Crippen LogP contribution in [0.5, 0.6) is 5.75 Å². The highest BCUT2D eigenvalue weighted by molar-refractivity contribution is 7.92. The van der Waals surface area contributed by atoms with Gasteiger partial charge < -0.3 is 15.0 Å². The molecule has 0 bridgehead atoms. The Bertz CT molecular complexity index is 782. The number of alkyl halides is 2. The van der Waals surface area contributed by atoms with Gasteiger partial charge in [-0.05, 0) is 26.0 Å². The Morgan fingerprint density at radius 1 is 1.42 bits per heavy atom. The van der Waals surface area contributed by atoms with Crippen LogP contribution in [-0.4, -0.2) is 56.5 Å². The maximum Gasteiger partial charge on any atom is 0.387 e. The van der Waals surface area contributed by atoms with Gasteiger partial charge in [0.2, 0.25) is 0 Å². The van der Waals surface area contributed by atoms with Crippen molar-refractivity contribution in [2.45, 2.75) is 31.8 Å². The van der Waals surface area contributed by atoms with E-state index in [1.165, 1.54) is 19.2 Å². The first-order valence-corrected chi connectivity index (χ1v) is 9.63. The van der Waals surface area contributed by atoms with Crippen molar-refractivity contribution in [1.29, 1.82) is 0 Å². The fraction of sp³-hybridized carbons (Fsp3) is 0.562. The minimum absolute atomic E-state index is 0.0276. The molecular weight excluding hydrogens is 371 g/mol. The first kappa shape index (κ1) is 20.3. The van der Waals surface area contributed by atoms with E-state index >= 15 is 0 Å². The van der Waals surface area contributed by atoms with E-state index in [4.69, 9.17) is 0 Å². The summed E-state index contributed by atoms with van der Waals surface area (Å²) in [4.78, 5) is 5.83. The number of guanidine groups is 1. The van der Waals surface area contributed by atoms with Gasteiger partial charge in [0, 0.05) is 32.2 Å². The molecule has 0 atom stereocenters. The highest BCUT2D eigenvalue weighted by Gasteiger charge is 2.41. The van der Waals surface area contributed by atoms with Crippen molar-refractivity contribution in [3.05, 3.63) is 29.6 Å². The Labute approximate surface area is 151 Å². The van der Waals surface area contributed by atoms with E-state index in [2.05, 4.69) is 15.0 Å². The molecule has 0 saturated carbocycles. The van der Waals surface area contributed by atoms with Crippen LogP contribution >= 0.6 is 0 Å². The second-order valence-electron chi connectivity index (χ2n) is 6.50. The van der Waals surface area contributed by atoms with Crippen LogP contribution in [0.1, 0.15) is 19.4 Å². The van der Waals surface area contributed by atoms with Crippen molar-refractivity contribution < 1.29 is 26.3 Å². The summed E-state index contributed by atoms with van der Waals surface area (Å²) in [6.45, 7) is 0.518. The molecule has 0 unspecified atom stereocenters. The third-order valence-corrected chi connectivity index (χ3v) is 6.80. The summed E-state index contributed by atoms with van der Waals surface area (Å²) in [7, 11) is -1.71. The number of ether oxygens (including phenoxy) is 1. The molecule has 1 heterocycles. The number of rotatable bonds is 4. The van der Waals surface area contributed by atoms with Gasteiger partial charge in [0.25, 0.3) is 0 Å². The average molecular weight is 393 g/mol. The van der Waals surface area contributed by atoms with Crippen molar-refractivity contribution in [2.75, 3.05) is 25.9 Å². The highest BCUT2D eigenvalue weighted by Crippen LogP contribution is 2.25. The molecule has 1 saturated heterocycles. The Morgan fingerprint density at radius 2 is 2.12 bits per heavy atom. The van der Waals surface area contributed by atoms with Gasteiger partial charge in [-0.15, -0.1) is 0 Å². The third kappa shape index (κ3) is 4.40. The van der Waals surface area contributed by atoms with Crippen molar-refractivity contribution >= 4 is 15.8 Å². The van der Waals surface area contributed by atoms with Gasteiger partial charge in [0.1, 0.15) is 11.6 Å². The Kier molecular flexibility index (Phi) is 6.05. The molecular formula is C16H22F3N3O3S. The van der Waals surface area contributed by atoms with Gasteiger partial charge >= 0.3 is 6.61 Å². The number of hydrogen-bond acceptors (Lipinski definition) is 4. The maximum atomic E-state index is 14.0. The van der Waals surface area contributed by atoms with E-state index in [1.807, 2.05) is 0 Å². The van der Waals surface area contributed by atoms with Gasteiger partial charge in [0.05, 0.1) is 10.5 Å². The smallest absolute Gasteiger partial charge is 0.387 e. The number of sulfone groups is 1. The lowest BCUT2D eigenvalue weighted by molar-refractivity contribution is -0.0506. The standard InChI is InChI=1S/C16H22F3N3O3S/c1-16(2)10-22(7-8-26(16,23)24)15(20-3)21-9-11-12(17)5-4-6-13(11)25-14(18)19/h4-6,14H,7-10H2,1-3H3,(H,20,21). The van der Waals surface area contributed by atoms with Gasteiger partial charge in [-0.1, -0.05) is 6.07 Å². The van der Waals surface area contributed by atoms with Crippen LogP contribution < -0.4 is 10.1 Å². The minimum Gasteiger partial charge on any atom is -0.434 e. The summed E-state index contributed by atoms with van der Waals surface area (Å²) >= 11 is 0. The fourth-order valence-corrected chi connectivity index (χ4v) is 4.11. The molecule has 1 fully saturated rings. The number of nitrogens with one attached hydrogen (secondary N) is 1. The molecule has 1 aromatic rings. The SMILES string of the molecule is CN=C(NCc1c(F)cccc1OC(F)F)N1CCS(=O)(=O)C(C)(C)C1. The van der Waals surface area contributed by atoms with Crippen molar-refractivity contribution in [2.24, 2.45) is 4.99 Å². The predicted molar refractivity (Wildman–Crippen MR) is 92.7 cm³/mol. The molecule has 6 nitrogen and oxygen atoms in total. The Balaban J connectivity index is 2.14. The van der Waals surface area contributed by atoms with E-state index in [9.17, 15) is 21.6 Å². The molecule has 0 aliphatic carbocycles. The molecule has 0 amide bonds. The molecule has 26 heavy (non-hydrogen) atoms. The van der Waals surface area contributed by atoms with Crippen LogP contribution in [0.25, 0.3) is 0 Å². The quantitative estimate of drug-likeness (QED) is 0.626. The zero-order valence-corrected chi connectivity index (χ0v) is 15.6. The Morgan fingerprint density at radius 3 is 2.69 bits per heavy atom. The van der Waals surface area contributed by atoms with Crippen LogP contribution in [0, 0.1) is 5.82 Å². The number of hydrogen-bond donors (Lipinski definition) is 1. The number of aliphatic imine (C=N–C) groups is 1. The first-order valence-electron chi connectivity index (χ1n) is 7.97. The Hall–Kier alpha value is -1.97. The maximum absolute atomic E-state index is 14.0. The third-order valence-electron chi connectivity index (χ3n) is 4.27. The largest absolute Gasteiger partial charge is 0.434 e. The molecule has 1 aromatic carbocycles. The summed E-state index contributed by atoms with van der Waals surface area (Å²) in [6.07, 6.45) is 0. The highest BCUT2D eigenvalue weighted by atomic mass is 32.2. The molecule has 2 rings (SSSR count). The lowest BCUT2D eigenvalue weighted by Gasteiger charge is -2.39. The summed E-state index contributed by atoms with van der Waals surface area (Å²) < 4.78 is 66.6. The fourth-order valence-electron chi connectivity index (χ4n) is 2.74. The summed E-state index contributed by atoms with van der Waals surface area (Å²) in [5.41, 5.74) is -0.0576. The van der Waals surface area contributed by atoms with Crippen LogP contribution in [-0.2, 0) is 16.4 Å². The van der Waals surface area contributed by atoms with Crippen LogP contribution in [0.2, 0.25) is 0 Å². The van der Waals surface area contributed by atoms with Crippen LogP contribution in [0.3, 0.4) is 0 Å². The number of nitrogens with zero attached hydrogens (tertiary/aromatic N) is 2. The minimum atomic E-state index is -3.22. The molecule has 0 spiro atoms. The van der Waals surface area contributed by atoms with Crippen LogP contribution in [0.4, 0.5) is 13.2 Å². The van der Waals surface area contributed by atoms with Gasteiger partial charge in [-0.3, -0.25) is 4.99 Å². The van der Waals surface area contributed by atoms with E-state index in [1.54, 1.807) is 18.7 Å². The lowest BCUT2D eigenvalue weighted by atomic mass is 10.1. The van der Waals surface area contributed by atoms with Crippen LogP contribution in [0.15, 0.2) is 23.2 Å². The monoisotopic (exact) mass is 393 g/mol. The van der Waals surface area contributed by atoms with E-state index in [0.717, 1.165) is 6.07 Å². The molecule has 146 valence electrons. The molecule has 1 aliphatic heterocycles. The molecule has 0 aromatic heterocycles. The number of benzene rings is 1. The average Bonchev–Trinajstić information content (AvgIpc) is 2.53. The second kappa shape index (κ2) is 7.73. The van der Waals surface area contributed by atoms with Gasteiger partial charge in [-0.25, -0.2) is 12.8 Å². The predicted octanol–water partition coefficient (Wildman–Crippen LogP) is 2.01. The zero-order chi connectivity index (χ0) is 19.5. The molecule has 0 radical (unpaired) electrons. The van der Waals surface area contributed by atoms with E-state index in [-0.39, 0.29) is 36.7 Å². The molecule has 1 aliphatic rings. The van der Waals surface area contributed by atoms with Gasteiger partial charge in [-0.2, -0.15) is 8.78 Å². The summed E-state index contributed by atoms with van der Waals surface area (Å²) in [5, 5.41) is 2.89. The normalized spacial score (nSPS) is 19.5. The van der Waals surface area contributed by atoms with Crippen molar-refractivity contribution in [1.82, 2.24) is 10.2 Å². The molecule has 1 N–H and O–H groups in total.